The molecule has 0 aliphatic carbocycles. The highest BCUT2D eigenvalue weighted by Gasteiger charge is 2.45. The number of nitrogens with zero attached hydrogens (tertiary/aromatic N) is 3. The van der Waals surface area contributed by atoms with Gasteiger partial charge in [-0.3, -0.25) is 14.5 Å². The molecule has 2 aromatic heterocycles. The lowest BCUT2D eigenvalue weighted by Gasteiger charge is -2.23. The van der Waals surface area contributed by atoms with Gasteiger partial charge in [0.1, 0.15) is 10.6 Å². The van der Waals surface area contributed by atoms with Gasteiger partial charge in [0.05, 0.1) is 30.7 Å². The number of carbonyl (C=O) groups excluding carboxylic acids is 1. The highest BCUT2D eigenvalue weighted by Crippen LogP contribution is 2.44. The Morgan fingerprint density at radius 1 is 1.03 bits per heavy atom. The molecule has 0 radical (unpaired) electrons. The second-order valence-corrected chi connectivity index (χ2v) is 11.5. The van der Waals surface area contributed by atoms with Crippen LogP contribution in [0.5, 0.6) is 11.5 Å². The van der Waals surface area contributed by atoms with E-state index in [-0.39, 0.29) is 16.8 Å². The van der Waals surface area contributed by atoms with Gasteiger partial charge in [0, 0.05) is 6.42 Å². The number of fused-ring (bicyclic) bond motifs is 2. The molecule has 0 saturated heterocycles. The summed E-state index contributed by atoms with van der Waals surface area (Å²) in [6.07, 6.45) is 0.743. The molecule has 0 spiro atoms. The highest BCUT2D eigenvalue weighted by atomic mass is 32.1. The van der Waals surface area contributed by atoms with Crippen molar-refractivity contribution >= 4 is 33.3 Å². The Balaban J connectivity index is 1.69. The molecule has 0 bridgehead atoms. The zero-order valence-corrected chi connectivity index (χ0v) is 23.2. The molecule has 1 aliphatic rings. The maximum Gasteiger partial charge on any atom is 0.297 e. The minimum atomic E-state index is -0.758. The number of aromatic nitrogens is 2. The van der Waals surface area contributed by atoms with Gasteiger partial charge in [0.2, 0.25) is 10.9 Å². The molecular weight excluding hydrogens is 502 g/mol. The van der Waals surface area contributed by atoms with Crippen LogP contribution in [0.1, 0.15) is 66.0 Å². The molecule has 5 rings (SSSR count). The Labute approximate surface area is 225 Å². The molecule has 0 saturated carbocycles. The van der Waals surface area contributed by atoms with Crippen LogP contribution in [-0.2, 0) is 6.42 Å². The van der Waals surface area contributed by atoms with Gasteiger partial charge in [0.25, 0.3) is 5.91 Å². The van der Waals surface area contributed by atoms with Gasteiger partial charge >= 0.3 is 0 Å². The summed E-state index contributed by atoms with van der Waals surface area (Å²) in [5, 5.41) is 10.4. The Morgan fingerprint density at radius 3 is 2.53 bits per heavy atom. The lowest BCUT2D eigenvalue weighted by molar-refractivity contribution is 0.0970. The third kappa shape index (κ3) is 4.67. The zero-order chi connectivity index (χ0) is 27.1. The maximum atomic E-state index is 13.9. The number of aryl methyl sites for hydroxylation is 1. The standard InChI is InChI=1S/C29H31N3O5S/c1-15(2)11-23-30-31-29(38-23)32-25(18-8-10-21(22(13-18)35-6)36-14-16(3)4)24-26(33)19-12-17(5)7-9-20(19)37-27(24)28(32)34/h7-10,12-13,15-16,25H,11,14H2,1-6H3. The van der Waals surface area contributed by atoms with E-state index in [1.54, 1.807) is 19.2 Å². The van der Waals surface area contributed by atoms with Crippen LogP contribution in [0.4, 0.5) is 5.13 Å². The van der Waals surface area contributed by atoms with Crippen LogP contribution in [0.2, 0.25) is 0 Å². The third-order valence-corrected chi connectivity index (χ3v) is 7.29. The number of amides is 1. The number of benzene rings is 2. The van der Waals surface area contributed by atoms with Crippen LogP contribution in [0.3, 0.4) is 0 Å². The molecular formula is C29H31N3O5S. The average molecular weight is 534 g/mol. The van der Waals surface area contributed by atoms with E-state index < -0.39 is 11.9 Å². The summed E-state index contributed by atoms with van der Waals surface area (Å²) in [5.74, 6) is 1.44. The predicted octanol–water partition coefficient (Wildman–Crippen LogP) is 5.94. The first kappa shape index (κ1) is 25.9. The van der Waals surface area contributed by atoms with Crippen molar-refractivity contribution in [2.75, 3.05) is 18.6 Å². The van der Waals surface area contributed by atoms with Gasteiger partial charge in [-0.15, -0.1) is 10.2 Å². The number of rotatable bonds is 8. The number of carbonyl (C=O) groups is 1. The topological polar surface area (TPSA) is 94.8 Å². The fourth-order valence-corrected chi connectivity index (χ4v) is 5.68. The zero-order valence-electron chi connectivity index (χ0n) is 22.4. The van der Waals surface area contributed by atoms with Crippen LogP contribution < -0.4 is 19.8 Å². The summed E-state index contributed by atoms with van der Waals surface area (Å²) in [4.78, 5) is 29.3. The first-order valence-electron chi connectivity index (χ1n) is 12.7. The summed E-state index contributed by atoms with van der Waals surface area (Å²) < 4.78 is 17.7. The first-order valence-corrected chi connectivity index (χ1v) is 13.5. The minimum Gasteiger partial charge on any atom is -0.493 e. The van der Waals surface area contributed by atoms with Crippen LogP contribution in [0.25, 0.3) is 11.0 Å². The van der Waals surface area contributed by atoms with Crippen molar-refractivity contribution in [3.05, 3.63) is 74.1 Å². The largest absolute Gasteiger partial charge is 0.493 e. The fourth-order valence-electron chi connectivity index (χ4n) is 4.60. The van der Waals surface area contributed by atoms with E-state index in [0.717, 1.165) is 17.0 Å². The van der Waals surface area contributed by atoms with E-state index in [4.69, 9.17) is 13.9 Å². The van der Waals surface area contributed by atoms with Gasteiger partial charge < -0.3 is 13.9 Å². The molecule has 198 valence electrons. The van der Waals surface area contributed by atoms with Crippen molar-refractivity contribution in [1.82, 2.24) is 10.2 Å². The van der Waals surface area contributed by atoms with Gasteiger partial charge in [-0.25, -0.2) is 0 Å². The maximum absolute atomic E-state index is 13.9. The van der Waals surface area contributed by atoms with Crippen molar-refractivity contribution in [1.29, 1.82) is 0 Å². The molecule has 8 nitrogen and oxygen atoms in total. The average Bonchev–Trinajstić information content (AvgIpc) is 3.44. The SMILES string of the molecule is COc1cc(C2c3c(oc4ccc(C)cc4c3=O)C(=O)N2c2nnc(CC(C)C)s2)ccc1OCC(C)C. The number of anilines is 1. The van der Waals surface area contributed by atoms with Crippen molar-refractivity contribution < 1.29 is 18.7 Å². The van der Waals surface area contributed by atoms with E-state index in [9.17, 15) is 9.59 Å². The van der Waals surface area contributed by atoms with Crippen LogP contribution in [-0.4, -0.2) is 29.8 Å². The Bertz CT molecular complexity index is 1570. The molecule has 1 atom stereocenters. The molecule has 2 aromatic carbocycles. The first-order chi connectivity index (χ1) is 18.2. The number of hydrogen-bond donors (Lipinski definition) is 0. The van der Waals surface area contributed by atoms with Crippen LogP contribution in [0, 0.1) is 18.8 Å². The molecule has 1 aliphatic heterocycles. The van der Waals surface area contributed by atoms with E-state index in [2.05, 4.69) is 37.9 Å². The predicted molar refractivity (Wildman–Crippen MR) is 148 cm³/mol. The Kier molecular flexibility index (Phi) is 6.96. The van der Waals surface area contributed by atoms with E-state index in [0.29, 0.717) is 51.6 Å². The molecule has 4 aromatic rings. The summed E-state index contributed by atoms with van der Waals surface area (Å²) in [7, 11) is 1.57. The van der Waals surface area contributed by atoms with Crippen LogP contribution >= 0.6 is 11.3 Å². The smallest absolute Gasteiger partial charge is 0.297 e. The van der Waals surface area contributed by atoms with Crippen molar-refractivity contribution in [3.8, 4) is 11.5 Å². The second-order valence-electron chi connectivity index (χ2n) is 10.4. The third-order valence-electron chi connectivity index (χ3n) is 6.35. The number of methoxy groups -OCH3 is 1. The summed E-state index contributed by atoms with van der Waals surface area (Å²) in [6, 6.07) is 10.1. The van der Waals surface area contributed by atoms with Crippen molar-refractivity contribution in [3.63, 3.8) is 0 Å². The summed E-state index contributed by atoms with van der Waals surface area (Å²) in [6.45, 7) is 10.8. The van der Waals surface area contributed by atoms with Crippen molar-refractivity contribution in [2.45, 2.75) is 47.1 Å². The van der Waals surface area contributed by atoms with E-state index in [1.165, 1.54) is 16.2 Å². The second kappa shape index (κ2) is 10.2. The van der Waals surface area contributed by atoms with Gasteiger partial charge in [-0.1, -0.05) is 56.7 Å². The van der Waals surface area contributed by atoms with Gasteiger partial charge in [-0.05, 0) is 48.6 Å². The quantitative estimate of drug-likeness (QED) is 0.276. The lowest BCUT2D eigenvalue weighted by Crippen LogP contribution is -2.29. The highest BCUT2D eigenvalue weighted by molar-refractivity contribution is 7.15. The van der Waals surface area contributed by atoms with E-state index >= 15 is 0 Å². The van der Waals surface area contributed by atoms with Crippen molar-refractivity contribution in [2.24, 2.45) is 11.8 Å². The van der Waals surface area contributed by atoms with Gasteiger partial charge in [0.15, 0.2) is 16.9 Å². The minimum absolute atomic E-state index is 0.0241. The normalized spacial score (nSPS) is 15.1. The fraction of sp³-hybridized carbons (Fsp3) is 0.379. The summed E-state index contributed by atoms with van der Waals surface area (Å²) in [5.41, 5.74) is 2.04. The Morgan fingerprint density at radius 2 is 1.82 bits per heavy atom. The Hall–Kier alpha value is -3.72. The molecule has 9 heteroatoms. The monoisotopic (exact) mass is 533 g/mol. The molecule has 0 fully saturated rings. The molecule has 1 unspecified atom stereocenters. The van der Waals surface area contributed by atoms with Gasteiger partial charge in [-0.2, -0.15) is 0 Å². The number of hydrogen-bond acceptors (Lipinski definition) is 8. The van der Waals surface area contributed by atoms with E-state index in [1.807, 2.05) is 31.2 Å². The number of ether oxygens (including phenoxy) is 2. The molecule has 1 amide bonds. The molecule has 3 heterocycles. The summed E-state index contributed by atoms with van der Waals surface area (Å²) >= 11 is 1.35. The molecule has 0 N–H and O–H groups in total. The lowest BCUT2D eigenvalue weighted by atomic mass is 9.98. The molecule has 38 heavy (non-hydrogen) atoms. The van der Waals surface area contributed by atoms with Crippen LogP contribution in [0.15, 0.2) is 45.6 Å².